The highest BCUT2D eigenvalue weighted by Gasteiger charge is 2.20. The van der Waals surface area contributed by atoms with Crippen molar-refractivity contribution >= 4 is 11.7 Å². The number of pyridine rings is 1. The molecule has 0 aliphatic carbocycles. The van der Waals surface area contributed by atoms with Gasteiger partial charge in [-0.1, -0.05) is 0 Å². The van der Waals surface area contributed by atoms with Crippen molar-refractivity contribution in [1.82, 2.24) is 9.88 Å². The largest absolute Gasteiger partial charge is 0.481 e. The van der Waals surface area contributed by atoms with Crippen molar-refractivity contribution in [2.75, 3.05) is 25.5 Å². The Bertz CT molecular complexity index is 454. The van der Waals surface area contributed by atoms with Crippen LogP contribution in [-0.2, 0) is 4.79 Å². The molecule has 0 spiro atoms. The third-order valence-electron chi connectivity index (χ3n) is 3.45. The van der Waals surface area contributed by atoms with Crippen molar-refractivity contribution in [2.45, 2.75) is 32.7 Å². The summed E-state index contributed by atoms with van der Waals surface area (Å²) in [5.74, 6) is 1.63. The quantitative estimate of drug-likeness (QED) is 0.904. The number of hydrogen-bond donors (Lipinski definition) is 1. The van der Waals surface area contributed by atoms with Crippen LogP contribution in [0.3, 0.4) is 0 Å². The summed E-state index contributed by atoms with van der Waals surface area (Å²) in [5.41, 5.74) is 1.12. The predicted molar refractivity (Wildman–Crippen MR) is 74.4 cm³/mol. The summed E-state index contributed by atoms with van der Waals surface area (Å²) in [6.07, 6.45) is 1.91. The number of piperidine rings is 1. The smallest absolute Gasteiger partial charge is 0.219 e. The summed E-state index contributed by atoms with van der Waals surface area (Å²) in [7, 11) is 1.62. The van der Waals surface area contributed by atoms with E-state index >= 15 is 0 Å². The highest BCUT2D eigenvalue weighted by Crippen LogP contribution is 2.19. The van der Waals surface area contributed by atoms with Gasteiger partial charge in [-0.3, -0.25) is 4.79 Å². The molecule has 0 atom stereocenters. The molecule has 2 rings (SSSR count). The average molecular weight is 263 g/mol. The number of aryl methyl sites for hydroxylation is 1. The van der Waals surface area contributed by atoms with Crippen molar-refractivity contribution in [3.8, 4) is 5.88 Å². The molecule has 1 amide bonds. The van der Waals surface area contributed by atoms with Crippen LogP contribution in [0.25, 0.3) is 0 Å². The van der Waals surface area contributed by atoms with Gasteiger partial charge in [-0.15, -0.1) is 0 Å². The molecular weight excluding hydrogens is 242 g/mol. The number of ether oxygens (including phenoxy) is 1. The number of nitrogens with one attached hydrogen (secondary N) is 1. The van der Waals surface area contributed by atoms with Gasteiger partial charge in [-0.25, -0.2) is 0 Å². The average Bonchev–Trinajstić information content (AvgIpc) is 2.38. The lowest BCUT2D eigenvalue weighted by atomic mass is 10.0. The van der Waals surface area contributed by atoms with Crippen LogP contribution in [0.1, 0.15) is 25.3 Å². The van der Waals surface area contributed by atoms with Gasteiger partial charge >= 0.3 is 0 Å². The fourth-order valence-electron chi connectivity index (χ4n) is 2.36. The van der Waals surface area contributed by atoms with Gasteiger partial charge in [0.15, 0.2) is 0 Å². The minimum absolute atomic E-state index is 0.161. The molecule has 2 heterocycles. The summed E-state index contributed by atoms with van der Waals surface area (Å²) in [4.78, 5) is 17.5. The summed E-state index contributed by atoms with van der Waals surface area (Å²) in [6, 6.07) is 4.29. The summed E-state index contributed by atoms with van der Waals surface area (Å²) < 4.78 is 5.17. The molecule has 1 aromatic heterocycles. The lowest BCUT2D eigenvalue weighted by Crippen LogP contribution is -2.41. The molecule has 5 heteroatoms. The fourth-order valence-corrected chi connectivity index (χ4v) is 2.36. The van der Waals surface area contributed by atoms with Gasteiger partial charge in [0.05, 0.1) is 7.11 Å². The Kier molecular flexibility index (Phi) is 4.24. The van der Waals surface area contributed by atoms with E-state index < -0.39 is 0 Å². The van der Waals surface area contributed by atoms with Gasteiger partial charge in [-0.05, 0) is 31.4 Å². The van der Waals surface area contributed by atoms with Crippen molar-refractivity contribution in [3.63, 3.8) is 0 Å². The van der Waals surface area contributed by atoms with E-state index in [1.54, 1.807) is 14.0 Å². The molecule has 0 saturated carbocycles. The van der Waals surface area contributed by atoms with Gasteiger partial charge in [0, 0.05) is 32.1 Å². The van der Waals surface area contributed by atoms with E-state index in [9.17, 15) is 4.79 Å². The minimum Gasteiger partial charge on any atom is -0.481 e. The molecule has 1 aliphatic rings. The Balaban J connectivity index is 1.95. The molecule has 1 fully saturated rings. The molecule has 0 radical (unpaired) electrons. The van der Waals surface area contributed by atoms with E-state index in [1.807, 2.05) is 24.0 Å². The Hall–Kier alpha value is -1.78. The molecule has 1 aromatic rings. The Labute approximate surface area is 114 Å². The van der Waals surface area contributed by atoms with Crippen LogP contribution < -0.4 is 10.1 Å². The van der Waals surface area contributed by atoms with Gasteiger partial charge in [-0.2, -0.15) is 4.98 Å². The first-order chi connectivity index (χ1) is 9.08. The molecule has 1 aliphatic heterocycles. The first kappa shape index (κ1) is 13.6. The van der Waals surface area contributed by atoms with E-state index in [1.165, 1.54) is 0 Å². The SMILES string of the molecule is COc1cc(C)cc(NC2CCN(C(C)=O)CC2)n1. The number of rotatable bonds is 3. The van der Waals surface area contributed by atoms with Crippen molar-refractivity contribution in [3.05, 3.63) is 17.7 Å². The zero-order chi connectivity index (χ0) is 13.8. The molecule has 1 N–H and O–H groups in total. The lowest BCUT2D eigenvalue weighted by molar-refractivity contribution is -0.129. The second-order valence-corrected chi connectivity index (χ2v) is 5.00. The maximum atomic E-state index is 11.3. The van der Waals surface area contributed by atoms with Crippen LogP contribution in [0.4, 0.5) is 5.82 Å². The molecule has 0 bridgehead atoms. The number of anilines is 1. The molecule has 1 saturated heterocycles. The topological polar surface area (TPSA) is 54.5 Å². The second kappa shape index (κ2) is 5.91. The zero-order valence-corrected chi connectivity index (χ0v) is 11.8. The summed E-state index contributed by atoms with van der Waals surface area (Å²) >= 11 is 0. The molecule has 104 valence electrons. The van der Waals surface area contributed by atoms with Crippen LogP contribution >= 0.6 is 0 Å². The fraction of sp³-hybridized carbons (Fsp3) is 0.571. The number of nitrogens with zero attached hydrogens (tertiary/aromatic N) is 2. The third kappa shape index (κ3) is 3.59. The Morgan fingerprint density at radius 1 is 1.42 bits per heavy atom. The van der Waals surface area contributed by atoms with Crippen molar-refractivity contribution < 1.29 is 9.53 Å². The minimum atomic E-state index is 0.161. The molecule has 19 heavy (non-hydrogen) atoms. The van der Waals surface area contributed by atoms with E-state index in [0.29, 0.717) is 11.9 Å². The molecule has 5 nitrogen and oxygen atoms in total. The van der Waals surface area contributed by atoms with Crippen LogP contribution in [-0.4, -0.2) is 42.0 Å². The van der Waals surface area contributed by atoms with Crippen molar-refractivity contribution in [1.29, 1.82) is 0 Å². The van der Waals surface area contributed by atoms with Crippen LogP contribution in [0.15, 0.2) is 12.1 Å². The molecular formula is C14H21N3O2. The number of methoxy groups -OCH3 is 1. The number of carbonyl (C=O) groups is 1. The summed E-state index contributed by atoms with van der Waals surface area (Å²) in [6.45, 7) is 5.28. The second-order valence-electron chi connectivity index (χ2n) is 5.00. The first-order valence-corrected chi connectivity index (χ1v) is 6.63. The maximum Gasteiger partial charge on any atom is 0.219 e. The number of amides is 1. The summed E-state index contributed by atoms with van der Waals surface area (Å²) in [5, 5.41) is 3.43. The standard InChI is InChI=1S/C14H21N3O2/c1-10-8-13(16-14(9-10)19-3)15-12-4-6-17(7-5-12)11(2)18/h8-9,12H,4-7H2,1-3H3,(H,15,16). The van der Waals surface area contributed by atoms with Crippen LogP contribution in [0.5, 0.6) is 5.88 Å². The Morgan fingerprint density at radius 2 is 2.11 bits per heavy atom. The van der Waals surface area contributed by atoms with Crippen LogP contribution in [0.2, 0.25) is 0 Å². The number of likely N-dealkylation sites (tertiary alicyclic amines) is 1. The van der Waals surface area contributed by atoms with Gasteiger partial charge < -0.3 is 15.0 Å². The van der Waals surface area contributed by atoms with Crippen LogP contribution in [0, 0.1) is 6.92 Å². The van der Waals surface area contributed by atoms with Crippen molar-refractivity contribution in [2.24, 2.45) is 0 Å². The highest BCUT2D eigenvalue weighted by molar-refractivity contribution is 5.73. The van der Waals surface area contributed by atoms with E-state index in [0.717, 1.165) is 37.3 Å². The third-order valence-corrected chi connectivity index (χ3v) is 3.45. The zero-order valence-electron chi connectivity index (χ0n) is 11.8. The highest BCUT2D eigenvalue weighted by atomic mass is 16.5. The number of aromatic nitrogens is 1. The normalized spacial score (nSPS) is 16.3. The number of hydrogen-bond acceptors (Lipinski definition) is 4. The maximum absolute atomic E-state index is 11.3. The van der Waals surface area contributed by atoms with Gasteiger partial charge in [0.2, 0.25) is 11.8 Å². The monoisotopic (exact) mass is 263 g/mol. The van der Waals surface area contributed by atoms with Gasteiger partial charge in [0.25, 0.3) is 0 Å². The lowest BCUT2D eigenvalue weighted by Gasteiger charge is -2.32. The van der Waals surface area contributed by atoms with Gasteiger partial charge in [0.1, 0.15) is 5.82 Å². The molecule has 0 aromatic carbocycles. The number of carbonyl (C=O) groups excluding carboxylic acids is 1. The van der Waals surface area contributed by atoms with E-state index in [4.69, 9.17) is 4.74 Å². The first-order valence-electron chi connectivity index (χ1n) is 6.63. The predicted octanol–water partition coefficient (Wildman–Crippen LogP) is 1.82. The van der Waals surface area contributed by atoms with E-state index in [2.05, 4.69) is 10.3 Å². The Morgan fingerprint density at radius 3 is 2.68 bits per heavy atom. The molecule has 0 unspecified atom stereocenters. The van der Waals surface area contributed by atoms with E-state index in [-0.39, 0.29) is 5.91 Å².